The number of aldehydes is 1. The average molecular weight is 505 g/mol. The first-order chi connectivity index (χ1) is 16.1. The summed E-state index contributed by atoms with van der Waals surface area (Å²) in [7, 11) is 0. The number of carbonyl (C=O) groups excluding carboxylic acids is 2. The molecule has 4 rings (SSSR count). The van der Waals surface area contributed by atoms with Gasteiger partial charge in [0.15, 0.2) is 0 Å². The van der Waals surface area contributed by atoms with Gasteiger partial charge in [-0.25, -0.2) is 4.39 Å². The maximum atomic E-state index is 14.2. The van der Waals surface area contributed by atoms with E-state index in [1.807, 2.05) is 16.5 Å². The molecule has 0 bridgehead atoms. The van der Waals surface area contributed by atoms with Gasteiger partial charge in [0.05, 0.1) is 43.6 Å². The zero-order valence-electron chi connectivity index (χ0n) is 18.5. The number of halogens is 5. The van der Waals surface area contributed by atoms with Crippen molar-refractivity contribution in [3.63, 3.8) is 0 Å². The van der Waals surface area contributed by atoms with Crippen LogP contribution in [0, 0.1) is 12.7 Å². The molecule has 1 N–H and O–H groups in total. The third kappa shape index (κ3) is 7.00. The lowest BCUT2D eigenvalue weighted by Crippen LogP contribution is -2.43. The number of amides is 1. The number of rotatable bonds is 4. The van der Waals surface area contributed by atoms with Gasteiger partial charge in [-0.05, 0) is 31.0 Å². The third-order valence-electron chi connectivity index (χ3n) is 5.57. The molecular weight excluding hydrogens is 480 g/mol. The van der Waals surface area contributed by atoms with Crippen molar-refractivity contribution >= 4 is 23.8 Å². The minimum absolute atomic E-state index is 0.0718. The van der Waals surface area contributed by atoms with E-state index >= 15 is 0 Å². The van der Waals surface area contributed by atoms with Crippen LogP contribution in [0.1, 0.15) is 28.9 Å². The lowest BCUT2D eigenvalue weighted by molar-refractivity contribution is -0.156. The first kappa shape index (κ1) is 26.1. The van der Waals surface area contributed by atoms with Gasteiger partial charge in [0, 0.05) is 30.2 Å². The molecule has 1 unspecified atom stereocenters. The minimum atomic E-state index is -4.64. The van der Waals surface area contributed by atoms with E-state index in [0.29, 0.717) is 49.8 Å². The second-order valence-electron chi connectivity index (χ2n) is 8.03. The Labute approximate surface area is 199 Å². The highest BCUT2D eigenvalue weighted by Gasteiger charge is 2.28. The van der Waals surface area contributed by atoms with Gasteiger partial charge in [-0.15, -0.1) is 0 Å². The van der Waals surface area contributed by atoms with Gasteiger partial charge in [-0.3, -0.25) is 14.3 Å². The largest absolute Gasteiger partial charge is 0.446 e. The zero-order chi connectivity index (χ0) is 24.9. The second kappa shape index (κ2) is 11.3. The molecule has 0 radical (unpaired) electrons. The van der Waals surface area contributed by atoms with E-state index in [1.165, 1.54) is 6.07 Å². The van der Waals surface area contributed by atoms with Crippen LogP contribution in [0.3, 0.4) is 0 Å². The summed E-state index contributed by atoms with van der Waals surface area (Å²) in [4.78, 5) is 23.3. The van der Waals surface area contributed by atoms with Gasteiger partial charge < -0.3 is 15.0 Å². The molecular formula is C22H25ClF4N4O3. The van der Waals surface area contributed by atoms with E-state index in [0.717, 1.165) is 29.9 Å². The fourth-order valence-corrected chi connectivity index (χ4v) is 4.06. The van der Waals surface area contributed by atoms with Crippen molar-refractivity contribution in [2.24, 2.45) is 0 Å². The topological polar surface area (TPSA) is 76.5 Å². The number of aryl methyl sites for hydroxylation is 1. The number of hydrogen-bond donors (Lipinski definition) is 1. The summed E-state index contributed by atoms with van der Waals surface area (Å²) in [5.74, 6) is -0.262. The number of morpholine rings is 1. The smallest absolute Gasteiger partial charge is 0.375 e. The van der Waals surface area contributed by atoms with Crippen LogP contribution in [0.4, 0.5) is 17.6 Å². The fraction of sp³-hybridized carbons (Fsp3) is 0.500. The molecule has 2 aliphatic rings. The number of hydrogen-bond acceptors (Lipinski definition) is 5. The standard InChI is InChI=1S/C20H24ClFN4O2.C2HF3O/c1-13-17-4-6-25(20(27)9-16-10-23-5-7-28-16)12-19(17)26(24-13)11-14-2-3-15(21)8-18(14)22;3-2(4,5)1-6/h2-3,8,16,23H,4-7,9-12H2,1H3;1H. The van der Waals surface area contributed by atoms with Crippen LogP contribution in [0.15, 0.2) is 18.2 Å². The molecule has 186 valence electrons. The van der Waals surface area contributed by atoms with E-state index in [4.69, 9.17) is 21.1 Å². The summed E-state index contributed by atoms with van der Waals surface area (Å²) in [5, 5.41) is 8.23. The molecule has 34 heavy (non-hydrogen) atoms. The predicted octanol–water partition coefficient (Wildman–Crippen LogP) is 3.04. The van der Waals surface area contributed by atoms with Crippen LogP contribution in [0.2, 0.25) is 5.02 Å². The van der Waals surface area contributed by atoms with Crippen molar-refractivity contribution in [2.75, 3.05) is 26.2 Å². The highest BCUT2D eigenvalue weighted by atomic mass is 35.5. The number of fused-ring (bicyclic) bond motifs is 1. The Morgan fingerprint density at radius 3 is 2.74 bits per heavy atom. The van der Waals surface area contributed by atoms with E-state index < -0.39 is 12.5 Å². The molecule has 7 nitrogen and oxygen atoms in total. The van der Waals surface area contributed by atoms with E-state index in [-0.39, 0.29) is 17.8 Å². The number of nitrogens with one attached hydrogen (secondary N) is 1. The summed E-state index contributed by atoms with van der Waals surface area (Å²) in [6.45, 7) is 5.62. The molecule has 2 aromatic rings. The van der Waals surface area contributed by atoms with Crippen molar-refractivity contribution < 1.29 is 31.9 Å². The maximum Gasteiger partial charge on any atom is 0.446 e. The fourth-order valence-electron chi connectivity index (χ4n) is 3.90. The number of aromatic nitrogens is 2. The number of nitrogens with zero attached hydrogens (tertiary/aromatic N) is 3. The van der Waals surface area contributed by atoms with Crippen LogP contribution in [-0.4, -0.2) is 65.4 Å². The molecule has 1 aromatic heterocycles. The summed E-state index contributed by atoms with van der Waals surface area (Å²) >= 11 is 5.85. The molecule has 1 amide bonds. The Morgan fingerprint density at radius 2 is 2.12 bits per heavy atom. The highest BCUT2D eigenvalue weighted by Crippen LogP contribution is 2.25. The summed E-state index contributed by atoms with van der Waals surface area (Å²) < 4.78 is 53.0. The molecule has 0 saturated carbocycles. The zero-order valence-corrected chi connectivity index (χ0v) is 19.3. The maximum absolute atomic E-state index is 14.2. The van der Waals surface area contributed by atoms with Gasteiger partial charge in [-0.2, -0.15) is 18.3 Å². The van der Waals surface area contributed by atoms with E-state index in [1.54, 1.807) is 12.1 Å². The predicted molar refractivity (Wildman–Crippen MR) is 116 cm³/mol. The van der Waals surface area contributed by atoms with Crippen molar-refractivity contribution in [1.29, 1.82) is 0 Å². The lowest BCUT2D eigenvalue weighted by Gasteiger charge is -2.30. The van der Waals surface area contributed by atoms with Crippen LogP contribution in [0.25, 0.3) is 0 Å². The number of carbonyl (C=O) groups is 2. The lowest BCUT2D eigenvalue weighted by atomic mass is 10.0. The van der Waals surface area contributed by atoms with Gasteiger partial charge in [0.1, 0.15) is 5.82 Å². The quantitative estimate of drug-likeness (QED) is 0.512. The Hall–Kier alpha value is -2.50. The van der Waals surface area contributed by atoms with Crippen molar-refractivity contribution in [3.05, 3.63) is 51.6 Å². The molecule has 0 spiro atoms. The Balaban J connectivity index is 0.000000481. The highest BCUT2D eigenvalue weighted by molar-refractivity contribution is 6.30. The third-order valence-corrected chi connectivity index (χ3v) is 5.80. The molecule has 12 heteroatoms. The number of benzene rings is 1. The van der Waals surface area contributed by atoms with E-state index in [9.17, 15) is 22.4 Å². The second-order valence-corrected chi connectivity index (χ2v) is 8.47. The molecule has 1 saturated heterocycles. The first-order valence-corrected chi connectivity index (χ1v) is 11.1. The Kier molecular flexibility index (Phi) is 8.67. The van der Waals surface area contributed by atoms with Gasteiger partial charge in [0.25, 0.3) is 0 Å². The monoisotopic (exact) mass is 504 g/mol. The molecule has 1 fully saturated rings. The molecule has 1 atom stereocenters. The summed E-state index contributed by atoms with van der Waals surface area (Å²) in [6, 6.07) is 4.67. The van der Waals surface area contributed by atoms with Gasteiger partial charge in [0.2, 0.25) is 12.2 Å². The SMILES string of the molecule is Cc1nn(Cc2ccc(Cl)cc2F)c2c1CCN(C(=O)CC1CNCCO1)C2.O=CC(F)(F)F. The van der Waals surface area contributed by atoms with Crippen molar-refractivity contribution in [3.8, 4) is 0 Å². The van der Waals surface area contributed by atoms with Crippen LogP contribution < -0.4 is 5.32 Å². The molecule has 0 aliphatic carbocycles. The van der Waals surface area contributed by atoms with Crippen LogP contribution in [0.5, 0.6) is 0 Å². The van der Waals surface area contributed by atoms with E-state index in [2.05, 4.69) is 10.4 Å². The number of alkyl halides is 3. The van der Waals surface area contributed by atoms with Gasteiger partial charge >= 0.3 is 6.18 Å². The summed E-state index contributed by atoms with van der Waals surface area (Å²) in [5.41, 5.74) is 3.61. The van der Waals surface area contributed by atoms with Crippen molar-refractivity contribution in [2.45, 2.75) is 45.1 Å². The Morgan fingerprint density at radius 1 is 1.38 bits per heavy atom. The van der Waals surface area contributed by atoms with Crippen LogP contribution >= 0.6 is 11.6 Å². The minimum Gasteiger partial charge on any atom is -0.375 e. The number of ether oxygens (including phenoxy) is 1. The molecule has 1 aromatic carbocycles. The molecule has 2 aliphatic heterocycles. The average Bonchev–Trinajstić information content (AvgIpc) is 3.11. The van der Waals surface area contributed by atoms with Crippen LogP contribution in [-0.2, 0) is 33.8 Å². The normalized spacial score (nSPS) is 18.1. The Bertz CT molecular complexity index is 1020. The van der Waals surface area contributed by atoms with Gasteiger partial charge in [-0.1, -0.05) is 17.7 Å². The molecule has 3 heterocycles. The van der Waals surface area contributed by atoms with Crippen molar-refractivity contribution in [1.82, 2.24) is 20.0 Å². The first-order valence-electron chi connectivity index (χ1n) is 10.7. The summed E-state index contributed by atoms with van der Waals surface area (Å²) in [6.07, 6.45) is -4.63.